The van der Waals surface area contributed by atoms with Crippen LogP contribution in [-0.4, -0.2) is 49.0 Å². The lowest BCUT2D eigenvalue weighted by molar-refractivity contribution is -0.114. The number of nitrogens with two attached hydrogens (primary N) is 1. The Kier molecular flexibility index (Phi) is 9.25. The molecule has 8 nitrogen and oxygen atoms in total. The molecule has 1 amide bonds. The molecule has 0 spiro atoms. The van der Waals surface area contributed by atoms with Crippen LogP contribution in [0.2, 0.25) is 0 Å². The number of phenolic OH excluding ortho intramolecular Hbond substituents is 1. The maximum absolute atomic E-state index is 12.4. The van der Waals surface area contributed by atoms with Crippen molar-refractivity contribution in [2.45, 2.75) is 46.3 Å². The van der Waals surface area contributed by atoms with Gasteiger partial charge in [0, 0.05) is 30.9 Å². The zero-order valence-electron chi connectivity index (χ0n) is 20.5. The largest absolute Gasteiger partial charge is 0.507 e. The van der Waals surface area contributed by atoms with Crippen LogP contribution >= 0.6 is 0 Å². The molecular weight excluding hydrogens is 418 g/mol. The quantitative estimate of drug-likeness (QED) is 0.261. The van der Waals surface area contributed by atoms with E-state index < -0.39 is 12.1 Å². The second kappa shape index (κ2) is 11.7. The average Bonchev–Trinajstić information content (AvgIpc) is 2.82. The van der Waals surface area contributed by atoms with Crippen LogP contribution in [0.5, 0.6) is 11.5 Å². The van der Waals surface area contributed by atoms with Crippen LogP contribution in [0, 0.1) is 5.41 Å². The van der Waals surface area contributed by atoms with Gasteiger partial charge in [0.2, 0.25) is 0 Å². The summed E-state index contributed by atoms with van der Waals surface area (Å²) >= 11 is 0. The molecule has 2 aromatic carbocycles. The summed E-state index contributed by atoms with van der Waals surface area (Å²) in [6.07, 6.45) is -0.966. The lowest BCUT2D eigenvalue weighted by Gasteiger charge is -2.32. The number of hydrogen-bond acceptors (Lipinski definition) is 6. The summed E-state index contributed by atoms with van der Waals surface area (Å²) in [5, 5.41) is 21.7. The number of nitrogens with zero attached hydrogens (tertiary/aromatic N) is 2. The van der Waals surface area contributed by atoms with Crippen molar-refractivity contribution >= 4 is 17.4 Å². The zero-order chi connectivity index (χ0) is 24.7. The van der Waals surface area contributed by atoms with E-state index in [0.29, 0.717) is 17.0 Å². The van der Waals surface area contributed by atoms with E-state index in [2.05, 4.69) is 24.1 Å². The van der Waals surface area contributed by atoms with E-state index in [1.54, 1.807) is 13.2 Å². The highest BCUT2D eigenvalue weighted by molar-refractivity contribution is 6.41. The molecule has 0 aromatic heterocycles. The fourth-order valence-electron chi connectivity index (χ4n) is 3.73. The topological polar surface area (TPSA) is 115 Å². The number of anilines is 1. The first kappa shape index (κ1) is 26.2. The standard InChI is InChI=1S/C25H37N5O3/c1-7-29(8-2)15-17-9-11-18(12-10-17)30(24(27)25(32)28-5)23(26)20-13-19(16(3)4)22(33-6)14-21(20)31/h9-14,16,23,27,31H,7-8,15,26H2,1-6H3,(H,28,32). The number of hydrogen-bond donors (Lipinski definition) is 4. The Hall–Kier alpha value is -3.10. The number of aromatic hydroxyl groups is 1. The molecule has 0 aliphatic carbocycles. The number of amidine groups is 1. The molecule has 2 rings (SSSR count). The Bertz CT molecular complexity index is 955. The maximum Gasteiger partial charge on any atom is 0.286 e. The van der Waals surface area contributed by atoms with E-state index >= 15 is 0 Å². The van der Waals surface area contributed by atoms with E-state index in [9.17, 15) is 9.90 Å². The molecule has 0 saturated heterocycles. The predicted molar refractivity (Wildman–Crippen MR) is 133 cm³/mol. The summed E-state index contributed by atoms with van der Waals surface area (Å²) in [4.78, 5) is 16.1. The van der Waals surface area contributed by atoms with E-state index in [4.69, 9.17) is 15.9 Å². The Morgan fingerprint density at radius 1 is 1.15 bits per heavy atom. The highest BCUT2D eigenvalue weighted by atomic mass is 16.5. The van der Waals surface area contributed by atoms with Crippen molar-refractivity contribution in [1.29, 1.82) is 5.41 Å². The third kappa shape index (κ3) is 6.03. The first-order chi connectivity index (χ1) is 15.7. The molecule has 0 aliphatic rings. The molecule has 33 heavy (non-hydrogen) atoms. The van der Waals surface area contributed by atoms with Gasteiger partial charge in [-0.1, -0.05) is 39.8 Å². The minimum atomic E-state index is -0.966. The molecular formula is C25H37N5O3. The number of carbonyl (C=O) groups excluding carboxylic acids is 1. The fourth-order valence-corrected chi connectivity index (χ4v) is 3.73. The number of ether oxygens (including phenoxy) is 1. The van der Waals surface area contributed by atoms with Crippen molar-refractivity contribution in [2.24, 2.45) is 5.73 Å². The van der Waals surface area contributed by atoms with E-state index in [1.807, 2.05) is 38.1 Å². The Morgan fingerprint density at radius 2 is 1.76 bits per heavy atom. The molecule has 0 saturated carbocycles. The van der Waals surface area contributed by atoms with Crippen molar-refractivity contribution in [1.82, 2.24) is 10.2 Å². The first-order valence-electron chi connectivity index (χ1n) is 11.3. The Balaban J connectivity index is 2.52. The Morgan fingerprint density at radius 3 is 2.24 bits per heavy atom. The lowest BCUT2D eigenvalue weighted by atomic mass is 9.97. The molecule has 180 valence electrons. The molecule has 0 fully saturated rings. The number of rotatable bonds is 9. The van der Waals surface area contributed by atoms with Crippen molar-refractivity contribution in [2.75, 3.05) is 32.1 Å². The molecule has 8 heteroatoms. The number of methoxy groups -OCH3 is 1. The van der Waals surface area contributed by atoms with Gasteiger partial charge in [-0.15, -0.1) is 0 Å². The van der Waals surface area contributed by atoms with Gasteiger partial charge in [0.15, 0.2) is 5.84 Å². The number of carbonyl (C=O) groups is 1. The third-order valence-electron chi connectivity index (χ3n) is 5.80. The first-order valence-corrected chi connectivity index (χ1v) is 11.3. The van der Waals surface area contributed by atoms with Crippen LogP contribution in [0.1, 0.15) is 56.5 Å². The van der Waals surface area contributed by atoms with Crippen molar-refractivity contribution in [3.63, 3.8) is 0 Å². The molecule has 0 heterocycles. The SMILES string of the molecule is CCN(CC)Cc1ccc(N(C(=N)C(=O)NC)C(N)c2cc(C(C)C)c(OC)cc2O)cc1. The van der Waals surface area contributed by atoms with Crippen LogP contribution in [0.4, 0.5) is 5.69 Å². The van der Waals surface area contributed by atoms with E-state index in [1.165, 1.54) is 18.0 Å². The van der Waals surface area contributed by atoms with Crippen molar-refractivity contribution < 1.29 is 14.6 Å². The molecule has 1 unspecified atom stereocenters. The lowest BCUT2D eigenvalue weighted by Crippen LogP contribution is -2.46. The molecule has 0 bridgehead atoms. The number of nitrogens with one attached hydrogen (secondary N) is 2. The summed E-state index contributed by atoms with van der Waals surface area (Å²) in [5.41, 5.74) is 9.57. The maximum atomic E-state index is 12.4. The number of likely N-dealkylation sites (N-methyl/N-ethyl adjacent to an activating group) is 1. The smallest absolute Gasteiger partial charge is 0.286 e. The molecule has 0 radical (unpaired) electrons. The van der Waals surface area contributed by atoms with E-state index in [0.717, 1.165) is 30.8 Å². The van der Waals surface area contributed by atoms with Gasteiger partial charge < -0.3 is 25.8 Å². The van der Waals surface area contributed by atoms with Gasteiger partial charge in [-0.2, -0.15) is 0 Å². The highest BCUT2D eigenvalue weighted by Gasteiger charge is 2.28. The zero-order valence-corrected chi connectivity index (χ0v) is 20.5. The van der Waals surface area contributed by atoms with Gasteiger partial charge in [-0.25, -0.2) is 0 Å². The molecule has 0 aliphatic heterocycles. The van der Waals surface area contributed by atoms with Gasteiger partial charge in [0.25, 0.3) is 5.91 Å². The minimum absolute atomic E-state index is 0.0587. The summed E-state index contributed by atoms with van der Waals surface area (Å²) in [6, 6.07) is 10.9. The van der Waals surface area contributed by atoms with Crippen LogP contribution in [0.3, 0.4) is 0 Å². The van der Waals surface area contributed by atoms with Crippen molar-refractivity contribution in [3.8, 4) is 11.5 Å². The van der Waals surface area contributed by atoms with Gasteiger partial charge in [-0.3, -0.25) is 15.1 Å². The van der Waals surface area contributed by atoms with Crippen LogP contribution in [0.25, 0.3) is 0 Å². The number of phenols is 1. The summed E-state index contributed by atoms with van der Waals surface area (Å²) in [7, 11) is 3.02. The van der Waals surface area contributed by atoms with Gasteiger partial charge in [-0.05, 0) is 48.3 Å². The number of amides is 1. The Labute approximate surface area is 196 Å². The second-order valence-electron chi connectivity index (χ2n) is 8.18. The van der Waals surface area contributed by atoms with Crippen LogP contribution in [-0.2, 0) is 11.3 Å². The number of benzene rings is 2. The summed E-state index contributed by atoms with van der Waals surface area (Å²) in [6.45, 7) is 11.0. The van der Waals surface area contributed by atoms with Gasteiger partial charge in [0.05, 0.1) is 7.11 Å². The van der Waals surface area contributed by atoms with Gasteiger partial charge in [0.1, 0.15) is 17.7 Å². The van der Waals surface area contributed by atoms with E-state index in [-0.39, 0.29) is 17.5 Å². The summed E-state index contributed by atoms with van der Waals surface area (Å²) in [5.74, 6) is -0.265. The van der Waals surface area contributed by atoms with Crippen molar-refractivity contribution in [3.05, 3.63) is 53.1 Å². The molecule has 5 N–H and O–H groups in total. The highest BCUT2D eigenvalue weighted by Crippen LogP contribution is 2.37. The van der Waals surface area contributed by atoms with Crippen LogP contribution in [0.15, 0.2) is 36.4 Å². The monoisotopic (exact) mass is 455 g/mol. The predicted octanol–water partition coefficient (Wildman–Crippen LogP) is 3.55. The fraction of sp³-hybridized carbons (Fsp3) is 0.440. The average molecular weight is 456 g/mol. The third-order valence-corrected chi connectivity index (χ3v) is 5.80. The normalized spacial score (nSPS) is 12.0. The molecule has 2 aromatic rings. The summed E-state index contributed by atoms with van der Waals surface area (Å²) < 4.78 is 5.41. The van der Waals surface area contributed by atoms with Gasteiger partial charge >= 0.3 is 0 Å². The molecule has 1 atom stereocenters. The second-order valence-corrected chi connectivity index (χ2v) is 8.18. The minimum Gasteiger partial charge on any atom is -0.507 e. The van der Waals surface area contributed by atoms with Crippen LogP contribution < -0.4 is 20.7 Å².